The predicted molar refractivity (Wildman–Crippen MR) is 96.1 cm³/mol. The lowest BCUT2D eigenvalue weighted by Crippen LogP contribution is -2.40. The monoisotopic (exact) mass is 343 g/mol. The second-order valence-corrected chi connectivity index (χ2v) is 7.81. The van der Waals surface area contributed by atoms with Crippen LogP contribution < -0.4 is 0 Å². The van der Waals surface area contributed by atoms with Crippen molar-refractivity contribution in [1.29, 1.82) is 0 Å². The number of hydrogen-bond donors (Lipinski definition) is 0. The summed E-state index contributed by atoms with van der Waals surface area (Å²) in [4.78, 5) is 14.8. The summed E-state index contributed by atoms with van der Waals surface area (Å²) in [6.45, 7) is 5.95. The number of ether oxygens (including phenoxy) is 1. The molecule has 136 valence electrons. The van der Waals surface area contributed by atoms with E-state index in [1.54, 1.807) is 0 Å². The molecule has 4 rings (SSSR count). The zero-order valence-electron chi connectivity index (χ0n) is 15.2. The van der Waals surface area contributed by atoms with Crippen LogP contribution in [0.15, 0.2) is 18.3 Å². The Morgan fingerprint density at radius 3 is 2.92 bits per heavy atom. The average Bonchev–Trinajstić information content (AvgIpc) is 3.11. The van der Waals surface area contributed by atoms with Gasteiger partial charge in [-0.25, -0.2) is 0 Å². The highest BCUT2D eigenvalue weighted by molar-refractivity contribution is 5.77. The topological polar surface area (TPSA) is 47.4 Å². The number of rotatable bonds is 7. The lowest BCUT2D eigenvalue weighted by atomic mass is 9.94. The molecule has 0 N–H and O–H groups in total. The highest BCUT2D eigenvalue weighted by atomic mass is 16.5. The van der Waals surface area contributed by atoms with E-state index in [1.807, 2.05) is 9.58 Å². The molecule has 0 radical (unpaired) electrons. The van der Waals surface area contributed by atoms with Crippen molar-refractivity contribution in [2.45, 2.75) is 58.0 Å². The molecule has 1 amide bonds. The van der Waals surface area contributed by atoms with Gasteiger partial charge in [-0.05, 0) is 44.4 Å². The van der Waals surface area contributed by atoms with Gasteiger partial charge in [0.05, 0.1) is 18.8 Å². The smallest absolute Gasteiger partial charge is 0.223 e. The van der Waals surface area contributed by atoms with Gasteiger partial charge in [0.25, 0.3) is 0 Å². The molecule has 0 unspecified atom stereocenters. The Morgan fingerprint density at radius 2 is 2.20 bits per heavy atom. The molecular weight excluding hydrogens is 314 g/mol. The van der Waals surface area contributed by atoms with Gasteiger partial charge < -0.3 is 9.64 Å². The lowest BCUT2D eigenvalue weighted by Gasteiger charge is -2.32. The highest BCUT2D eigenvalue weighted by Crippen LogP contribution is 2.32. The van der Waals surface area contributed by atoms with Crippen molar-refractivity contribution < 1.29 is 9.53 Å². The average molecular weight is 343 g/mol. The minimum atomic E-state index is 0.255. The molecule has 0 saturated heterocycles. The number of fused-ring (bicyclic) bond motifs is 1. The van der Waals surface area contributed by atoms with Crippen LogP contribution in [0.5, 0.6) is 0 Å². The summed E-state index contributed by atoms with van der Waals surface area (Å²) in [6, 6.07) is 0. The Morgan fingerprint density at radius 1 is 1.32 bits per heavy atom. The summed E-state index contributed by atoms with van der Waals surface area (Å²) in [5.41, 5.74) is 2.34. The van der Waals surface area contributed by atoms with Gasteiger partial charge in [0, 0.05) is 43.8 Å². The number of aromatic nitrogens is 2. The van der Waals surface area contributed by atoms with Crippen molar-refractivity contribution in [3.05, 3.63) is 29.6 Å². The van der Waals surface area contributed by atoms with Crippen LogP contribution >= 0.6 is 0 Å². The molecule has 25 heavy (non-hydrogen) atoms. The van der Waals surface area contributed by atoms with Gasteiger partial charge in [0.15, 0.2) is 0 Å². The molecule has 1 aromatic heterocycles. The van der Waals surface area contributed by atoms with E-state index in [-0.39, 0.29) is 11.8 Å². The summed E-state index contributed by atoms with van der Waals surface area (Å²) in [6.07, 6.45) is 12.0. The Kier molecular flexibility index (Phi) is 4.93. The van der Waals surface area contributed by atoms with Crippen LogP contribution in [-0.2, 0) is 22.6 Å². The second kappa shape index (κ2) is 7.32. The Labute approximate surface area is 150 Å². The van der Waals surface area contributed by atoms with Gasteiger partial charge in [-0.2, -0.15) is 5.10 Å². The van der Waals surface area contributed by atoms with Crippen molar-refractivity contribution in [2.24, 2.45) is 11.8 Å². The molecule has 5 heteroatoms. The number of nitrogens with zero attached hydrogens (tertiary/aromatic N) is 3. The van der Waals surface area contributed by atoms with Crippen molar-refractivity contribution >= 4 is 5.91 Å². The second-order valence-electron chi connectivity index (χ2n) is 7.81. The van der Waals surface area contributed by atoms with Crippen LogP contribution in [-0.4, -0.2) is 40.3 Å². The Hall–Kier alpha value is -1.62. The fourth-order valence-electron chi connectivity index (χ4n) is 3.93. The summed E-state index contributed by atoms with van der Waals surface area (Å²) in [7, 11) is 0. The van der Waals surface area contributed by atoms with E-state index >= 15 is 0 Å². The third-order valence-electron chi connectivity index (χ3n) is 5.69. The van der Waals surface area contributed by atoms with Gasteiger partial charge >= 0.3 is 0 Å². The molecule has 0 aromatic carbocycles. The number of carbonyl (C=O) groups is 1. The van der Waals surface area contributed by atoms with Gasteiger partial charge in [-0.3, -0.25) is 9.48 Å². The van der Waals surface area contributed by atoms with Crippen molar-refractivity contribution in [3.8, 4) is 0 Å². The summed E-state index contributed by atoms with van der Waals surface area (Å²) >= 11 is 0. The molecule has 1 fully saturated rings. The molecule has 2 aliphatic carbocycles. The maximum absolute atomic E-state index is 12.8. The fraction of sp³-hybridized carbons (Fsp3) is 0.700. The van der Waals surface area contributed by atoms with E-state index in [2.05, 4.69) is 25.3 Å². The van der Waals surface area contributed by atoms with Crippen molar-refractivity contribution in [1.82, 2.24) is 14.7 Å². The zero-order valence-corrected chi connectivity index (χ0v) is 15.2. The van der Waals surface area contributed by atoms with E-state index in [4.69, 9.17) is 9.84 Å². The normalized spacial score (nSPS) is 25.4. The van der Waals surface area contributed by atoms with Crippen LogP contribution in [0, 0.1) is 11.8 Å². The molecule has 0 bridgehead atoms. The minimum Gasteiger partial charge on any atom is -0.380 e. The van der Waals surface area contributed by atoms with Crippen LogP contribution in [0.3, 0.4) is 0 Å². The summed E-state index contributed by atoms with van der Waals surface area (Å²) < 4.78 is 7.96. The number of aryl methyl sites for hydroxylation is 1. The third-order valence-corrected chi connectivity index (χ3v) is 5.69. The highest BCUT2D eigenvalue weighted by Gasteiger charge is 2.32. The standard InChI is InChI=1S/C20H29N3O2/c1-2-23-11-18-17(14-25-13-16-7-8-16)10-22(12-19(18)21-23)20(24)9-15-5-3-4-6-15/h3,5,11,15-17H,2,4,6-10,12-14H2,1H3/t15-,17-/m0/s1. The third kappa shape index (κ3) is 3.97. The first kappa shape index (κ1) is 16.8. The molecular formula is C20H29N3O2. The molecule has 0 spiro atoms. The maximum atomic E-state index is 12.8. The largest absolute Gasteiger partial charge is 0.380 e. The van der Waals surface area contributed by atoms with Crippen molar-refractivity contribution in [2.75, 3.05) is 19.8 Å². The lowest BCUT2D eigenvalue weighted by molar-refractivity contribution is -0.133. The van der Waals surface area contributed by atoms with Crippen molar-refractivity contribution in [3.63, 3.8) is 0 Å². The van der Waals surface area contributed by atoms with E-state index in [0.717, 1.165) is 44.1 Å². The molecule has 2 atom stereocenters. The molecule has 3 aliphatic rings. The first-order valence-electron chi connectivity index (χ1n) is 9.81. The van der Waals surface area contributed by atoms with Gasteiger partial charge in [-0.1, -0.05) is 12.2 Å². The summed E-state index contributed by atoms with van der Waals surface area (Å²) in [5, 5.41) is 4.69. The first-order valence-corrected chi connectivity index (χ1v) is 9.81. The number of hydrogen-bond acceptors (Lipinski definition) is 3. The number of carbonyl (C=O) groups excluding carboxylic acids is 1. The summed E-state index contributed by atoms with van der Waals surface area (Å²) in [5.74, 6) is 1.71. The molecule has 1 aliphatic heterocycles. The van der Waals surface area contributed by atoms with E-state index in [1.165, 1.54) is 18.4 Å². The Balaban J connectivity index is 1.43. The molecule has 2 heterocycles. The van der Waals surface area contributed by atoms with Gasteiger partial charge in [-0.15, -0.1) is 0 Å². The molecule has 5 nitrogen and oxygen atoms in total. The van der Waals surface area contributed by atoms with E-state index in [9.17, 15) is 4.79 Å². The van der Waals surface area contributed by atoms with Crippen LogP contribution in [0.1, 0.15) is 56.2 Å². The van der Waals surface area contributed by atoms with E-state index in [0.29, 0.717) is 25.5 Å². The Bertz CT molecular complexity index is 647. The predicted octanol–water partition coefficient (Wildman–Crippen LogP) is 3.11. The molecule has 1 aromatic rings. The van der Waals surface area contributed by atoms with Crippen LogP contribution in [0.25, 0.3) is 0 Å². The van der Waals surface area contributed by atoms with Gasteiger partial charge in [0.2, 0.25) is 5.91 Å². The zero-order chi connectivity index (χ0) is 17.2. The quantitative estimate of drug-likeness (QED) is 0.715. The SMILES string of the molecule is CCn1cc2c(n1)CN(C(=O)C[C@H]1C=CCC1)C[C@H]2COCC1CC1. The number of amides is 1. The van der Waals surface area contributed by atoms with E-state index < -0.39 is 0 Å². The van der Waals surface area contributed by atoms with Crippen LogP contribution in [0.2, 0.25) is 0 Å². The minimum absolute atomic E-state index is 0.255. The number of allylic oxidation sites excluding steroid dienone is 2. The first-order chi connectivity index (χ1) is 12.2. The maximum Gasteiger partial charge on any atom is 0.223 e. The van der Waals surface area contributed by atoms with Gasteiger partial charge in [0.1, 0.15) is 0 Å². The van der Waals surface area contributed by atoms with Crippen LogP contribution in [0.4, 0.5) is 0 Å². The fourth-order valence-corrected chi connectivity index (χ4v) is 3.93. The molecule has 1 saturated carbocycles.